The molecule has 0 aliphatic heterocycles. The molecule has 5 heteroatoms. The second-order valence-electron chi connectivity index (χ2n) is 1.38. The highest BCUT2D eigenvalue weighted by atomic mass is 27.0. The SMILES string of the molecule is O=CC(O)C(O)CO.[AlH3]. The molecule has 0 saturated carbocycles. The van der Waals surface area contributed by atoms with Crippen LogP contribution in [0.5, 0.6) is 0 Å². The van der Waals surface area contributed by atoms with Crippen LogP contribution < -0.4 is 0 Å². The highest BCUT2D eigenvalue weighted by Gasteiger charge is 2.12. The Morgan fingerprint density at radius 3 is 2.00 bits per heavy atom. The van der Waals surface area contributed by atoms with E-state index in [1.807, 2.05) is 0 Å². The van der Waals surface area contributed by atoms with E-state index in [-0.39, 0.29) is 23.6 Å². The number of carbonyl (C=O) groups excluding carboxylic acids is 1. The molecule has 0 amide bonds. The maximum absolute atomic E-state index is 9.58. The fraction of sp³-hybridized carbons (Fsp3) is 0.750. The van der Waals surface area contributed by atoms with Crippen LogP contribution in [0.1, 0.15) is 0 Å². The molecule has 0 aliphatic carbocycles. The van der Waals surface area contributed by atoms with Crippen molar-refractivity contribution in [3.8, 4) is 0 Å². The summed E-state index contributed by atoms with van der Waals surface area (Å²) < 4.78 is 0. The molecule has 0 saturated heterocycles. The van der Waals surface area contributed by atoms with Crippen LogP contribution in [0.4, 0.5) is 0 Å². The topological polar surface area (TPSA) is 77.8 Å². The average molecular weight is 150 g/mol. The molecule has 0 rings (SSSR count). The molecular weight excluding hydrogens is 139 g/mol. The lowest BCUT2D eigenvalue weighted by atomic mass is 10.2. The van der Waals surface area contributed by atoms with Gasteiger partial charge < -0.3 is 20.1 Å². The van der Waals surface area contributed by atoms with Crippen molar-refractivity contribution >= 4 is 23.6 Å². The van der Waals surface area contributed by atoms with Crippen molar-refractivity contribution in [1.82, 2.24) is 0 Å². The number of hydrogen-bond acceptors (Lipinski definition) is 4. The molecule has 0 aromatic rings. The van der Waals surface area contributed by atoms with Crippen LogP contribution in [-0.4, -0.2) is 57.8 Å². The smallest absolute Gasteiger partial charge is 0.187 e. The van der Waals surface area contributed by atoms with Crippen molar-refractivity contribution < 1.29 is 20.1 Å². The van der Waals surface area contributed by atoms with Gasteiger partial charge in [-0.3, -0.25) is 0 Å². The third-order valence-electron chi connectivity index (χ3n) is 0.721. The Morgan fingerprint density at radius 2 is 1.89 bits per heavy atom. The van der Waals surface area contributed by atoms with E-state index in [4.69, 9.17) is 15.3 Å². The second-order valence-corrected chi connectivity index (χ2v) is 1.38. The summed E-state index contributed by atoms with van der Waals surface area (Å²) in [7, 11) is 0. The summed E-state index contributed by atoms with van der Waals surface area (Å²) in [5.74, 6) is 0. The summed E-state index contributed by atoms with van der Waals surface area (Å²) in [5, 5.41) is 24.8. The Balaban J connectivity index is 0. The van der Waals surface area contributed by atoms with Gasteiger partial charge in [-0.2, -0.15) is 0 Å². The van der Waals surface area contributed by atoms with Gasteiger partial charge in [-0.05, 0) is 0 Å². The number of hydrogen-bond donors (Lipinski definition) is 3. The van der Waals surface area contributed by atoms with Crippen molar-refractivity contribution in [2.24, 2.45) is 0 Å². The quantitative estimate of drug-likeness (QED) is 0.291. The zero-order valence-electron chi connectivity index (χ0n) is 4.19. The molecule has 0 radical (unpaired) electrons. The van der Waals surface area contributed by atoms with E-state index in [0.29, 0.717) is 0 Å². The monoisotopic (exact) mass is 150 g/mol. The first kappa shape index (κ1) is 11.8. The second kappa shape index (κ2) is 6.21. The number of aliphatic hydroxyl groups is 3. The van der Waals surface area contributed by atoms with Gasteiger partial charge in [0.15, 0.2) is 23.6 Å². The van der Waals surface area contributed by atoms with Crippen LogP contribution in [0.2, 0.25) is 0 Å². The van der Waals surface area contributed by atoms with Crippen molar-refractivity contribution in [2.75, 3.05) is 6.61 Å². The molecule has 4 nitrogen and oxygen atoms in total. The summed E-state index contributed by atoms with van der Waals surface area (Å²) in [5.41, 5.74) is 0. The van der Waals surface area contributed by atoms with Crippen LogP contribution in [0, 0.1) is 0 Å². The van der Waals surface area contributed by atoms with Crippen LogP contribution in [0.25, 0.3) is 0 Å². The zero-order valence-corrected chi connectivity index (χ0v) is 4.19. The first-order valence-electron chi connectivity index (χ1n) is 2.14. The molecule has 54 valence electrons. The third-order valence-corrected chi connectivity index (χ3v) is 0.721. The number of aldehydes is 1. The molecule has 0 heterocycles. The highest BCUT2D eigenvalue weighted by Crippen LogP contribution is 1.85. The summed E-state index contributed by atoms with van der Waals surface area (Å²) in [6.45, 7) is -0.597. The van der Waals surface area contributed by atoms with Crippen LogP contribution in [0.15, 0.2) is 0 Å². The molecule has 2 unspecified atom stereocenters. The van der Waals surface area contributed by atoms with Gasteiger partial charge in [0.1, 0.15) is 12.2 Å². The van der Waals surface area contributed by atoms with Gasteiger partial charge in [0, 0.05) is 0 Å². The Labute approximate surface area is 63.3 Å². The van der Waals surface area contributed by atoms with Gasteiger partial charge in [0.2, 0.25) is 0 Å². The first-order valence-corrected chi connectivity index (χ1v) is 2.14. The third kappa shape index (κ3) is 4.58. The van der Waals surface area contributed by atoms with Crippen molar-refractivity contribution in [1.29, 1.82) is 0 Å². The summed E-state index contributed by atoms with van der Waals surface area (Å²) in [6.07, 6.45) is -2.63. The van der Waals surface area contributed by atoms with E-state index in [1.165, 1.54) is 0 Å². The normalized spacial score (nSPS) is 15.4. The van der Waals surface area contributed by atoms with Gasteiger partial charge in [-0.1, -0.05) is 0 Å². The molecule has 9 heavy (non-hydrogen) atoms. The lowest BCUT2D eigenvalue weighted by Crippen LogP contribution is -2.30. The maximum Gasteiger partial charge on any atom is 0.187 e. The fourth-order valence-electron chi connectivity index (χ4n) is 0.199. The molecule has 0 aromatic carbocycles. The minimum absolute atomic E-state index is 0. The van der Waals surface area contributed by atoms with Gasteiger partial charge >= 0.3 is 0 Å². The number of rotatable bonds is 3. The van der Waals surface area contributed by atoms with E-state index in [2.05, 4.69) is 0 Å². The van der Waals surface area contributed by atoms with Gasteiger partial charge in [0.05, 0.1) is 6.61 Å². The molecule has 0 fully saturated rings. The van der Waals surface area contributed by atoms with Crippen molar-refractivity contribution in [3.05, 3.63) is 0 Å². The lowest BCUT2D eigenvalue weighted by molar-refractivity contribution is -0.121. The largest absolute Gasteiger partial charge is 0.394 e. The average Bonchev–Trinajstić information content (AvgIpc) is 1.84. The van der Waals surface area contributed by atoms with Crippen LogP contribution >= 0.6 is 0 Å². The Bertz CT molecular complexity index is 77.0. The van der Waals surface area contributed by atoms with Crippen molar-refractivity contribution in [2.45, 2.75) is 12.2 Å². The number of carbonyl (C=O) groups is 1. The Kier molecular flexibility index (Phi) is 8.16. The summed E-state index contributed by atoms with van der Waals surface area (Å²) in [6, 6.07) is 0. The molecule has 0 bridgehead atoms. The van der Waals surface area contributed by atoms with Gasteiger partial charge in [-0.15, -0.1) is 0 Å². The van der Waals surface area contributed by atoms with E-state index in [0.717, 1.165) is 0 Å². The van der Waals surface area contributed by atoms with Crippen molar-refractivity contribution in [3.63, 3.8) is 0 Å². The number of aliphatic hydroxyl groups excluding tert-OH is 3. The molecule has 2 atom stereocenters. The van der Waals surface area contributed by atoms with Crippen LogP contribution in [-0.2, 0) is 4.79 Å². The molecular formula is C4H11AlO4. The maximum atomic E-state index is 9.58. The van der Waals surface area contributed by atoms with E-state index < -0.39 is 18.8 Å². The molecule has 0 aromatic heterocycles. The minimum Gasteiger partial charge on any atom is -0.394 e. The Morgan fingerprint density at radius 1 is 1.44 bits per heavy atom. The summed E-state index contributed by atoms with van der Waals surface area (Å²) >= 11 is 0. The minimum atomic E-state index is -1.46. The molecule has 3 N–H and O–H groups in total. The predicted octanol–water partition coefficient (Wildman–Crippen LogP) is -3.28. The predicted molar refractivity (Wildman–Crippen MR) is 35.1 cm³/mol. The Hall–Kier alpha value is 0.0825. The zero-order chi connectivity index (χ0) is 6.57. The van der Waals surface area contributed by atoms with Crippen LogP contribution in [0.3, 0.4) is 0 Å². The first-order chi connectivity index (χ1) is 3.72. The highest BCUT2D eigenvalue weighted by molar-refractivity contribution is 5.75. The molecule has 0 aliphatic rings. The van der Waals surface area contributed by atoms with Gasteiger partial charge in [0.25, 0.3) is 0 Å². The fourth-order valence-corrected chi connectivity index (χ4v) is 0.199. The standard InChI is InChI=1S/C4H8O4.Al.3H/c5-1-3(7)4(8)2-6;;;;/h1,3-4,6-8H,2H2;;;;. The summed E-state index contributed by atoms with van der Waals surface area (Å²) in [4.78, 5) is 9.58. The van der Waals surface area contributed by atoms with E-state index >= 15 is 0 Å². The lowest BCUT2D eigenvalue weighted by Gasteiger charge is -2.06. The van der Waals surface area contributed by atoms with Gasteiger partial charge in [-0.25, -0.2) is 0 Å². The van der Waals surface area contributed by atoms with E-state index in [9.17, 15) is 4.79 Å². The molecule has 0 spiro atoms. The van der Waals surface area contributed by atoms with E-state index in [1.54, 1.807) is 0 Å².